The van der Waals surface area contributed by atoms with Crippen molar-refractivity contribution in [2.24, 2.45) is 23.7 Å². The molecule has 28 heavy (non-hydrogen) atoms. The molecule has 0 amide bonds. The molecule has 3 aliphatic rings. The quantitative estimate of drug-likeness (QED) is 0.624. The fraction of sp³-hybridized carbons (Fsp3) is 0.625. The molecule has 4 heteroatoms. The van der Waals surface area contributed by atoms with E-state index in [2.05, 4.69) is 27.7 Å². The molecule has 152 valence electrons. The van der Waals surface area contributed by atoms with Crippen molar-refractivity contribution in [2.75, 3.05) is 0 Å². The first-order valence-corrected chi connectivity index (χ1v) is 10.6. The van der Waals surface area contributed by atoms with E-state index in [1.807, 2.05) is 30.3 Å². The van der Waals surface area contributed by atoms with Crippen molar-refractivity contribution in [1.29, 1.82) is 0 Å². The van der Waals surface area contributed by atoms with E-state index in [0.29, 0.717) is 12.3 Å². The van der Waals surface area contributed by atoms with E-state index in [0.717, 1.165) is 18.4 Å². The SMILES string of the molecule is CC(C)[C@@]12C[C@H](O)[C@@](C)(O1)[C@@H]1CC[C@@H](C)[C@H]1[C@@H]2OC(=O)/C=C/c1ccccc1. The number of carbonyl (C=O) groups excluding carboxylic acids is 1. The monoisotopic (exact) mass is 384 g/mol. The molecule has 1 N–H and O–H groups in total. The van der Waals surface area contributed by atoms with Gasteiger partial charge in [-0.1, -0.05) is 51.1 Å². The number of benzene rings is 1. The third kappa shape index (κ3) is 2.93. The lowest BCUT2D eigenvalue weighted by molar-refractivity contribution is -0.263. The summed E-state index contributed by atoms with van der Waals surface area (Å²) in [6.45, 7) is 8.53. The lowest BCUT2D eigenvalue weighted by Crippen LogP contribution is -2.62. The second kappa shape index (κ2) is 7.00. The van der Waals surface area contributed by atoms with Gasteiger partial charge in [-0.2, -0.15) is 0 Å². The van der Waals surface area contributed by atoms with Crippen LogP contribution in [0.1, 0.15) is 52.5 Å². The van der Waals surface area contributed by atoms with E-state index in [9.17, 15) is 9.90 Å². The summed E-state index contributed by atoms with van der Waals surface area (Å²) in [6, 6.07) is 9.75. The predicted octanol–water partition coefficient (Wildman–Crippen LogP) is 4.22. The van der Waals surface area contributed by atoms with Gasteiger partial charge in [-0.3, -0.25) is 0 Å². The molecular formula is C24H32O4. The Labute approximate surface area is 167 Å². The van der Waals surface area contributed by atoms with E-state index in [1.54, 1.807) is 6.08 Å². The van der Waals surface area contributed by atoms with E-state index in [-0.39, 0.29) is 29.8 Å². The van der Waals surface area contributed by atoms with Gasteiger partial charge < -0.3 is 14.6 Å². The van der Waals surface area contributed by atoms with E-state index >= 15 is 0 Å². The zero-order chi connectivity index (χ0) is 20.1. The normalized spacial score (nSPS) is 42.1. The molecule has 7 atom stereocenters. The van der Waals surface area contributed by atoms with Crippen LogP contribution in [0.4, 0.5) is 0 Å². The maximum atomic E-state index is 12.8. The average molecular weight is 385 g/mol. The van der Waals surface area contributed by atoms with Crippen LogP contribution in [-0.4, -0.2) is 34.5 Å². The molecule has 1 aliphatic carbocycles. The minimum Gasteiger partial charge on any atom is -0.456 e. The van der Waals surface area contributed by atoms with Crippen LogP contribution in [0.15, 0.2) is 36.4 Å². The molecule has 2 bridgehead atoms. The van der Waals surface area contributed by atoms with Crippen molar-refractivity contribution in [3.8, 4) is 0 Å². The molecule has 0 aromatic heterocycles. The molecule has 0 unspecified atom stereocenters. The summed E-state index contributed by atoms with van der Waals surface area (Å²) in [5, 5.41) is 10.9. The molecule has 0 radical (unpaired) electrons. The smallest absolute Gasteiger partial charge is 0.331 e. The Morgan fingerprint density at radius 3 is 2.68 bits per heavy atom. The first-order chi connectivity index (χ1) is 13.3. The zero-order valence-corrected chi connectivity index (χ0v) is 17.3. The Hall–Kier alpha value is -1.65. The number of hydrogen-bond donors (Lipinski definition) is 1. The van der Waals surface area contributed by atoms with Crippen LogP contribution in [0.25, 0.3) is 6.08 Å². The van der Waals surface area contributed by atoms with Crippen LogP contribution >= 0.6 is 0 Å². The second-order valence-electron chi connectivity index (χ2n) is 9.46. The average Bonchev–Trinajstić information content (AvgIpc) is 3.16. The maximum Gasteiger partial charge on any atom is 0.331 e. The molecule has 4 nitrogen and oxygen atoms in total. The number of aliphatic hydroxyl groups excluding tert-OH is 1. The Balaban J connectivity index is 1.63. The minimum atomic E-state index is -0.621. The van der Waals surface area contributed by atoms with Gasteiger partial charge in [0.2, 0.25) is 0 Å². The van der Waals surface area contributed by atoms with Gasteiger partial charge in [-0.25, -0.2) is 4.79 Å². The number of fused-ring (bicyclic) bond motifs is 4. The first-order valence-electron chi connectivity index (χ1n) is 10.6. The van der Waals surface area contributed by atoms with Gasteiger partial charge in [-0.05, 0) is 49.2 Å². The highest BCUT2D eigenvalue weighted by Gasteiger charge is 2.70. The minimum absolute atomic E-state index is 0.147. The molecule has 3 fully saturated rings. The number of esters is 1. The standard InChI is InChI=1S/C24H32O4/c1-15(2)24-14-19(25)23(4,28-24)18-12-10-16(3)21(18)22(24)27-20(26)13-11-17-8-6-5-7-9-17/h5-9,11,13,15-16,18-19,21-22,25H,10,12,14H2,1-4H3/b13-11+/t16-,18-,19+,21-,22+,23+,24-/m1/s1. The van der Waals surface area contributed by atoms with Crippen LogP contribution < -0.4 is 0 Å². The molecule has 1 aromatic carbocycles. The summed E-state index contributed by atoms with van der Waals surface area (Å²) in [5.41, 5.74) is -0.193. The molecule has 0 spiro atoms. The Morgan fingerprint density at radius 1 is 1.29 bits per heavy atom. The van der Waals surface area contributed by atoms with Gasteiger partial charge in [0, 0.05) is 18.4 Å². The zero-order valence-electron chi connectivity index (χ0n) is 17.3. The molecule has 2 heterocycles. The summed E-state index contributed by atoms with van der Waals surface area (Å²) in [6.07, 6.45) is 5.09. The number of aliphatic hydroxyl groups is 1. The second-order valence-corrected chi connectivity index (χ2v) is 9.46. The van der Waals surface area contributed by atoms with Crippen molar-refractivity contribution in [2.45, 2.75) is 70.4 Å². The summed E-state index contributed by atoms with van der Waals surface area (Å²) >= 11 is 0. The molecule has 2 aliphatic heterocycles. The third-order valence-corrected chi connectivity index (χ3v) is 7.64. The maximum absolute atomic E-state index is 12.8. The Bertz CT molecular complexity index is 757. The van der Waals surface area contributed by atoms with Gasteiger partial charge in [0.05, 0.1) is 11.7 Å². The number of hydrogen-bond acceptors (Lipinski definition) is 4. The summed E-state index contributed by atoms with van der Waals surface area (Å²) in [5.74, 6) is 0.719. The van der Waals surface area contributed by atoms with Crippen molar-refractivity contribution in [3.63, 3.8) is 0 Å². The molecule has 4 rings (SSSR count). The number of carbonyl (C=O) groups is 1. The van der Waals surface area contributed by atoms with Gasteiger partial charge in [0.1, 0.15) is 11.7 Å². The molecule has 1 aromatic rings. The highest BCUT2D eigenvalue weighted by atomic mass is 16.6. The topological polar surface area (TPSA) is 55.8 Å². The van der Waals surface area contributed by atoms with Crippen LogP contribution in [0.2, 0.25) is 0 Å². The largest absolute Gasteiger partial charge is 0.456 e. The van der Waals surface area contributed by atoms with Gasteiger partial charge in [-0.15, -0.1) is 0 Å². The van der Waals surface area contributed by atoms with Crippen LogP contribution in [-0.2, 0) is 14.3 Å². The van der Waals surface area contributed by atoms with Gasteiger partial charge in [0.15, 0.2) is 0 Å². The van der Waals surface area contributed by atoms with Crippen molar-refractivity contribution < 1.29 is 19.4 Å². The summed E-state index contributed by atoms with van der Waals surface area (Å²) in [4.78, 5) is 12.8. The third-order valence-electron chi connectivity index (χ3n) is 7.64. The Morgan fingerprint density at radius 2 is 2.00 bits per heavy atom. The highest BCUT2D eigenvalue weighted by Crippen LogP contribution is 2.62. The Kier molecular flexibility index (Phi) is 4.91. The summed E-state index contributed by atoms with van der Waals surface area (Å²) in [7, 11) is 0. The fourth-order valence-corrected chi connectivity index (χ4v) is 6.00. The number of rotatable bonds is 4. The van der Waals surface area contributed by atoms with Gasteiger partial charge >= 0.3 is 5.97 Å². The molecule has 2 saturated heterocycles. The summed E-state index contributed by atoms with van der Waals surface area (Å²) < 4.78 is 12.8. The lowest BCUT2D eigenvalue weighted by Gasteiger charge is -2.52. The van der Waals surface area contributed by atoms with E-state index in [4.69, 9.17) is 9.47 Å². The van der Waals surface area contributed by atoms with Crippen LogP contribution in [0.5, 0.6) is 0 Å². The fourth-order valence-electron chi connectivity index (χ4n) is 6.00. The van der Waals surface area contributed by atoms with Crippen LogP contribution in [0, 0.1) is 23.7 Å². The highest BCUT2D eigenvalue weighted by molar-refractivity contribution is 5.87. The van der Waals surface area contributed by atoms with Crippen molar-refractivity contribution >= 4 is 12.0 Å². The van der Waals surface area contributed by atoms with E-state index in [1.165, 1.54) is 6.08 Å². The predicted molar refractivity (Wildman–Crippen MR) is 108 cm³/mol. The number of ether oxygens (including phenoxy) is 2. The molecular weight excluding hydrogens is 352 g/mol. The van der Waals surface area contributed by atoms with Crippen molar-refractivity contribution in [3.05, 3.63) is 42.0 Å². The van der Waals surface area contributed by atoms with Gasteiger partial charge in [0.25, 0.3) is 0 Å². The van der Waals surface area contributed by atoms with Crippen molar-refractivity contribution in [1.82, 2.24) is 0 Å². The first kappa shape index (κ1) is 19.7. The lowest BCUT2D eigenvalue weighted by atomic mass is 9.69. The molecule has 1 saturated carbocycles. The van der Waals surface area contributed by atoms with E-state index < -0.39 is 17.3 Å². The van der Waals surface area contributed by atoms with Crippen LogP contribution in [0.3, 0.4) is 0 Å².